The Labute approximate surface area is 99.5 Å². The van der Waals surface area contributed by atoms with E-state index in [0.717, 1.165) is 25.7 Å². The molecule has 0 spiro atoms. The molecule has 0 heterocycles. The summed E-state index contributed by atoms with van der Waals surface area (Å²) >= 11 is 0. The minimum absolute atomic E-state index is 0.230. The van der Waals surface area contributed by atoms with Crippen molar-refractivity contribution in [2.24, 2.45) is 0 Å². The maximum absolute atomic E-state index is 6.13. The molecule has 0 radical (unpaired) electrons. The van der Waals surface area contributed by atoms with Crippen LogP contribution in [-0.4, -0.2) is 50.3 Å². The van der Waals surface area contributed by atoms with Crippen LogP contribution in [0.2, 0.25) is 0 Å². The van der Waals surface area contributed by atoms with Gasteiger partial charge in [-0.3, -0.25) is 0 Å². The van der Waals surface area contributed by atoms with Gasteiger partial charge in [0.15, 0.2) is 0 Å². The summed E-state index contributed by atoms with van der Waals surface area (Å²) < 4.78 is 6.13. The van der Waals surface area contributed by atoms with Gasteiger partial charge in [0.1, 0.15) is 0 Å². The van der Waals surface area contributed by atoms with Crippen LogP contribution < -0.4 is 5.32 Å². The van der Waals surface area contributed by atoms with Crippen molar-refractivity contribution < 1.29 is 4.74 Å². The molecular formula is C13H26N2O. The van der Waals surface area contributed by atoms with E-state index in [1.54, 1.807) is 0 Å². The van der Waals surface area contributed by atoms with Crippen LogP contribution in [0.5, 0.6) is 0 Å². The van der Waals surface area contributed by atoms with E-state index in [2.05, 4.69) is 17.3 Å². The van der Waals surface area contributed by atoms with E-state index in [4.69, 9.17) is 4.74 Å². The van der Waals surface area contributed by atoms with Crippen LogP contribution in [0.25, 0.3) is 0 Å². The summed E-state index contributed by atoms with van der Waals surface area (Å²) in [6, 6.07) is 0.859. The van der Waals surface area contributed by atoms with Gasteiger partial charge in [-0.1, -0.05) is 0 Å². The first-order valence-corrected chi connectivity index (χ1v) is 6.75. The van der Waals surface area contributed by atoms with E-state index in [-0.39, 0.29) is 5.60 Å². The Morgan fingerprint density at radius 2 is 2.12 bits per heavy atom. The van der Waals surface area contributed by atoms with Crippen LogP contribution >= 0.6 is 0 Å². The van der Waals surface area contributed by atoms with Gasteiger partial charge in [0.25, 0.3) is 0 Å². The topological polar surface area (TPSA) is 24.5 Å². The van der Waals surface area contributed by atoms with Gasteiger partial charge in [0, 0.05) is 12.6 Å². The zero-order valence-corrected chi connectivity index (χ0v) is 10.8. The molecule has 0 atom stereocenters. The SMILES string of the molecule is CNCCC1(OCCN(C)C2CC2)CCC1. The highest BCUT2D eigenvalue weighted by atomic mass is 16.5. The molecule has 2 aliphatic rings. The minimum atomic E-state index is 0.230. The van der Waals surface area contributed by atoms with Crippen LogP contribution in [0.15, 0.2) is 0 Å². The molecular weight excluding hydrogens is 200 g/mol. The van der Waals surface area contributed by atoms with Crippen LogP contribution in [0.4, 0.5) is 0 Å². The molecule has 2 saturated carbocycles. The molecule has 2 rings (SSSR count). The zero-order chi connectivity index (χ0) is 11.4. The highest BCUT2D eigenvalue weighted by Gasteiger charge is 2.37. The monoisotopic (exact) mass is 226 g/mol. The number of hydrogen-bond acceptors (Lipinski definition) is 3. The fourth-order valence-electron chi connectivity index (χ4n) is 2.49. The fraction of sp³-hybridized carbons (Fsp3) is 1.00. The van der Waals surface area contributed by atoms with E-state index in [9.17, 15) is 0 Å². The third-order valence-electron chi connectivity index (χ3n) is 4.12. The maximum atomic E-state index is 6.13. The van der Waals surface area contributed by atoms with Crippen molar-refractivity contribution in [3.8, 4) is 0 Å². The average Bonchev–Trinajstić information content (AvgIpc) is 3.04. The molecule has 0 saturated heterocycles. The molecule has 3 heteroatoms. The van der Waals surface area contributed by atoms with E-state index in [0.29, 0.717) is 0 Å². The Morgan fingerprint density at radius 1 is 1.38 bits per heavy atom. The molecule has 0 aromatic heterocycles. The van der Waals surface area contributed by atoms with Gasteiger partial charge < -0.3 is 15.0 Å². The van der Waals surface area contributed by atoms with Crippen molar-refractivity contribution >= 4 is 0 Å². The lowest BCUT2D eigenvalue weighted by Crippen LogP contribution is -2.43. The number of nitrogens with zero attached hydrogens (tertiary/aromatic N) is 1. The molecule has 3 nitrogen and oxygen atoms in total. The second-order valence-corrected chi connectivity index (χ2v) is 5.45. The van der Waals surface area contributed by atoms with Crippen LogP contribution in [0.3, 0.4) is 0 Å². The number of likely N-dealkylation sites (N-methyl/N-ethyl adjacent to an activating group) is 1. The van der Waals surface area contributed by atoms with Crippen molar-refractivity contribution in [1.82, 2.24) is 10.2 Å². The second kappa shape index (κ2) is 5.48. The first-order chi connectivity index (χ1) is 7.76. The highest BCUT2D eigenvalue weighted by Crippen LogP contribution is 2.38. The van der Waals surface area contributed by atoms with Gasteiger partial charge >= 0.3 is 0 Å². The molecule has 0 bridgehead atoms. The third kappa shape index (κ3) is 3.19. The summed E-state index contributed by atoms with van der Waals surface area (Å²) in [5.74, 6) is 0. The molecule has 2 fully saturated rings. The normalized spacial score (nSPS) is 23.4. The Bertz CT molecular complexity index is 212. The number of ether oxygens (including phenoxy) is 1. The first kappa shape index (κ1) is 12.3. The van der Waals surface area contributed by atoms with Gasteiger partial charge in [-0.15, -0.1) is 0 Å². The molecule has 16 heavy (non-hydrogen) atoms. The van der Waals surface area contributed by atoms with Crippen LogP contribution in [-0.2, 0) is 4.74 Å². The van der Waals surface area contributed by atoms with Crippen LogP contribution in [0.1, 0.15) is 38.5 Å². The summed E-state index contributed by atoms with van der Waals surface area (Å²) in [5.41, 5.74) is 0.230. The van der Waals surface area contributed by atoms with Crippen molar-refractivity contribution in [1.29, 1.82) is 0 Å². The largest absolute Gasteiger partial charge is 0.374 e. The molecule has 2 aliphatic carbocycles. The van der Waals surface area contributed by atoms with E-state index < -0.39 is 0 Å². The predicted octanol–water partition coefficient (Wildman–Crippen LogP) is 1.63. The van der Waals surface area contributed by atoms with Crippen molar-refractivity contribution in [3.05, 3.63) is 0 Å². The quantitative estimate of drug-likeness (QED) is 0.681. The third-order valence-corrected chi connectivity index (χ3v) is 4.12. The number of rotatable bonds is 8. The Hall–Kier alpha value is -0.120. The van der Waals surface area contributed by atoms with Crippen molar-refractivity contribution in [2.75, 3.05) is 33.8 Å². The second-order valence-electron chi connectivity index (χ2n) is 5.45. The Morgan fingerprint density at radius 3 is 2.62 bits per heavy atom. The summed E-state index contributed by atoms with van der Waals surface area (Å²) in [6.45, 7) is 3.10. The summed E-state index contributed by atoms with van der Waals surface area (Å²) in [5, 5.41) is 3.23. The highest BCUT2D eigenvalue weighted by molar-refractivity contribution is 4.90. The smallest absolute Gasteiger partial charge is 0.0695 e. The van der Waals surface area contributed by atoms with E-state index >= 15 is 0 Å². The lowest BCUT2D eigenvalue weighted by molar-refractivity contribution is -0.107. The lowest BCUT2D eigenvalue weighted by Gasteiger charge is -2.42. The average molecular weight is 226 g/mol. The first-order valence-electron chi connectivity index (χ1n) is 6.75. The number of hydrogen-bond donors (Lipinski definition) is 1. The molecule has 0 unspecified atom stereocenters. The van der Waals surface area contributed by atoms with Crippen molar-refractivity contribution in [2.45, 2.75) is 50.2 Å². The fourth-order valence-corrected chi connectivity index (χ4v) is 2.49. The summed E-state index contributed by atoms with van der Waals surface area (Å²) in [7, 11) is 4.25. The lowest BCUT2D eigenvalue weighted by atomic mass is 9.77. The molecule has 0 aromatic rings. The molecule has 0 aromatic carbocycles. The summed E-state index contributed by atoms with van der Waals surface area (Å²) in [4.78, 5) is 2.45. The van der Waals surface area contributed by atoms with E-state index in [1.807, 2.05) is 7.05 Å². The Kier molecular flexibility index (Phi) is 4.22. The van der Waals surface area contributed by atoms with Crippen LogP contribution in [0, 0.1) is 0 Å². The van der Waals surface area contributed by atoms with Gasteiger partial charge in [-0.05, 0) is 59.2 Å². The summed E-state index contributed by atoms with van der Waals surface area (Å²) in [6.07, 6.45) is 7.84. The molecule has 0 aliphatic heterocycles. The maximum Gasteiger partial charge on any atom is 0.0695 e. The van der Waals surface area contributed by atoms with E-state index in [1.165, 1.54) is 38.5 Å². The molecule has 1 N–H and O–H groups in total. The predicted molar refractivity (Wildman–Crippen MR) is 66.7 cm³/mol. The van der Waals surface area contributed by atoms with Gasteiger partial charge in [-0.25, -0.2) is 0 Å². The standard InChI is InChI=1S/C13H26N2O/c1-14-9-8-13(6-3-7-13)16-11-10-15(2)12-4-5-12/h12,14H,3-11H2,1-2H3. The molecule has 94 valence electrons. The van der Waals surface area contributed by atoms with Gasteiger partial charge in [-0.2, -0.15) is 0 Å². The minimum Gasteiger partial charge on any atom is -0.374 e. The van der Waals surface area contributed by atoms with Crippen molar-refractivity contribution in [3.63, 3.8) is 0 Å². The van der Waals surface area contributed by atoms with Gasteiger partial charge in [0.2, 0.25) is 0 Å². The zero-order valence-electron chi connectivity index (χ0n) is 10.8. The Balaban J connectivity index is 1.62. The molecule has 0 amide bonds. The number of nitrogens with one attached hydrogen (secondary N) is 1. The van der Waals surface area contributed by atoms with Gasteiger partial charge in [0.05, 0.1) is 12.2 Å².